The number of methoxy groups -OCH3 is 1. The Balaban J connectivity index is 1.78. The molecule has 0 aliphatic carbocycles. The summed E-state index contributed by atoms with van der Waals surface area (Å²) in [6, 6.07) is 20.3. The summed E-state index contributed by atoms with van der Waals surface area (Å²) in [6.07, 6.45) is 3.69. The molecule has 1 heterocycles. The van der Waals surface area contributed by atoms with Crippen LogP contribution in [0.3, 0.4) is 0 Å². The van der Waals surface area contributed by atoms with Gasteiger partial charge in [-0.3, -0.25) is 0 Å². The Bertz CT molecular complexity index is 1190. The first-order chi connectivity index (χ1) is 14.6. The minimum absolute atomic E-state index is 0.0225. The molecule has 0 aliphatic rings. The lowest BCUT2D eigenvalue weighted by atomic mass is 9.97. The van der Waals surface area contributed by atoms with Crippen molar-refractivity contribution >= 4 is 12.2 Å². The predicted molar refractivity (Wildman–Crippen MR) is 117 cm³/mol. The molecule has 0 atom stereocenters. The summed E-state index contributed by atoms with van der Waals surface area (Å²) in [7, 11) is 1.62. The molecule has 0 bridgehead atoms. The van der Waals surface area contributed by atoms with Crippen LogP contribution in [-0.4, -0.2) is 22.5 Å². The van der Waals surface area contributed by atoms with Crippen molar-refractivity contribution in [3.63, 3.8) is 0 Å². The van der Waals surface area contributed by atoms with Gasteiger partial charge in [-0.05, 0) is 36.2 Å². The molecule has 0 spiro atoms. The Kier molecular flexibility index (Phi) is 5.26. The predicted octanol–water partition coefficient (Wildman–Crippen LogP) is 5.91. The van der Waals surface area contributed by atoms with E-state index < -0.39 is 0 Å². The summed E-state index contributed by atoms with van der Waals surface area (Å²) < 4.78 is 10.8. The Hall–Kier alpha value is -3.99. The van der Waals surface area contributed by atoms with Gasteiger partial charge in [0.25, 0.3) is 0 Å². The highest BCUT2D eigenvalue weighted by Crippen LogP contribution is 2.42. The number of aromatic nitrogens is 1. The third-order valence-electron chi connectivity index (χ3n) is 4.89. The van der Waals surface area contributed by atoms with E-state index in [4.69, 9.17) is 9.26 Å². The van der Waals surface area contributed by atoms with E-state index in [0.717, 1.165) is 22.4 Å². The van der Waals surface area contributed by atoms with Crippen LogP contribution in [0.1, 0.15) is 16.8 Å². The fraction of sp³-hybridized carbons (Fsp3) is 0.0800. The van der Waals surface area contributed by atoms with E-state index in [1.54, 1.807) is 19.3 Å². The second kappa shape index (κ2) is 8.17. The standard InChI is InChI=1S/C25H21NO4/c1-16-24(18-10-12-20(29-2)13-11-18)25(30-26-16)21-14-19(22(27)15-23(21)28)9-8-17-6-4-3-5-7-17/h3-15,27-28H,1-2H3/b9-8+. The van der Waals surface area contributed by atoms with Gasteiger partial charge in [0.15, 0.2) is 5.76 Å². The number of benzene rings is 3. The van der Waals surface area contributed by atoms with Crippen molar-refractivity contribution in [2.75, 3.05) is 7.11 Å². The average Bonchev–Trinajstić information content (AvgIpc) is 3.15. The van der Waals surface area contributed by atoms with E-state index in [9.17, 15) is 10.2 Å². The largest absolute Gasteiger partial charge is 0.507 e. The topological polar surface area (TPSA) is 75.7 Å². The van der Waals surface area contributed by atoms with Crippen LogP contribution in [0.2, 0.25) is 0 Å². The van der Waals surface area contributed by atoms with Gasteiger partial charge in [0.05, 0.1) is 23.9 Å². The number of hydrogen-bond acceptors (Lipinski definition) is 5. The van der Waals surface area contributed by atoms with Gasteiger partial charge in [0.2, 0.25) is 0 Å². The molecule has 4 aromatic rings. The third kappa shape index (κ3) is 3.78. The van der Waals surface area contributed by atoms with E-state index in [1.165, 1.54) is 6.07 Å². The lowest BCUT2D eigenvalue weighted by Gasteiger charge is -2.09. The number of nitrogens with zero attached hydrogens (tertiary/aromatic N) is 1. The third-order valence-corrected chi connectivity index (χ3v) is 4.89. The first-order valence-electron chi connectivity index (χ1n) is 9.47. The van der Waals surface area contributed by atoms with Crippen molar-refractivity contribution < 1.29 is 19.5 Å². The van der Waals surface area contributed by atoms with Gasteiger partial charge in [-0.15, -0.1) is 0 Å². The lowest BCUT2D eigenvalue weighted by Crippen LogP contribution is -1.87. The zero-order valence-electron chi connectivity index (χ0n) is 16.7. The normalized spacial score (nSPS) is 11.1. The number of hydrogen-bond donors (Lipinski definition) is 2. The number of phenolic OH excluding ortho intramolecular Hbond substituents is 2. The highest BCUT2D eigenvalue weighted by molar-refractivity contribution is 5.86. The van der Waals surface area contributed by atoms with E-state index in [-0.39, 0.29) is 11.5 Å². The molecule has 4 rings (SSSR count). The molecule has 0 saturated heterocycles. The number of rotatable bonds is 5. The molecule has 0 aliphatic heterocycles. The van der Waals surface area contributed by atoms with E-state index in [1.807, 2.05) is 67.6 Å². The number of aryl methyl sites for hydroxylation is 1. The second-order valence-electron chi connectivity index (χ2n) is 6.87. The Labute approximate surface area is 174 Å². The molecule has 3 aromatic carbocycles. The van der Waals surface area contributed by atoms with Crippen LogP contribution >= 0.6 is 0 Å². The highest BCUT2D eigenvalue weighted by Gasteiger charge is 2.21. The van der Waals surface area contributed by atoms with Gasteiger partial charge < -0.3 is 19.5 Å². The molecule has 0 unspecified atom stereocenters. The van der Waals surface area contributed by atoms with Crippen LogP contribution in [0, 0.1) is 6.92 Å². The monoisotopic (exact) mass is 399 g/mol. The smallest absolute Gasteiger partial charge is 0.178 e. The van der Waals surface area contributed by atoms with Gasteiger partial charge in [-0.1, -0.05) is 59.8 Å². The molecular weight excluding hydrogens is 378 g/mol. The fourth-order valence-electron chi connectivity index (χ4n) is 3.31. The van der Waals surface area contributed by atoms with Crippen molar-refractivity contribution in [3.8, 4) is 39.7 Å². The maximum absolute atomic E-state index is 10.5. The molecule has 5 heteroatoms. The summed E-state index contributed by atoms with van der Waals surface area (Å²) in [5.41, 5.74) is 4.37. The molecule has 0 radical (unpaired) electrons. The molecule has 30 heavy (non-hydrogen) atoms. The minimum atomic E-state index is -0.0877. The molecular formula is C25H21NO4. The van der Waals surface area contributed by atoms with Crippen molar-refractivity contribution in [2.24, 2.45) is 0 Å². The summed E-state index contributed by atoms with van der Waals surface area (Å²) in [4.78, 5) is 0. The number of aromatic hydroxyl groups is 2. The van der Waals surface area contributed by atoms with Gasteiger partial charge in [0.1, 0.15) is 17.2 Å². The lowest BCUT2D eigenvalue weighted by molar-refractivity contribution is 0.415. The molecule has 0 fully saturated rings. The first-order valence-corrected chi connectivity index (χ1v) is 9.47. The van der Waals surface area contributed by atoms with Gasteiger partial charge >= 0.3 is 0 Å². The Morgan fingerprint density at radius 3 is 2.33 bits per heavy atom. The fourth-order valence-corrected chi connectivity index (χ4v) is 3.31. The second-order valence-corrected chi connectivity index (χ2v) is 6.87. The Morgan fingerprint density at radius 2 is 1.63 bits per heavy atom. The minimum Gasteiger partial charge on any atom is -0.507 e. The Morgan fingerprint density at radius 1 is 0.900 bits per heavy atom. The quantitative estimate of drug-likeness (QED) is 0.408. The van der Waals surface area contributed by atoms with Crippen LogP contribution in [0.5, 0.6) is 17.2 Å². The van der Waals surface area contributed by atoms with Crippen LogP contribution in [-0.2, 0) is 0 Å². The van der Waals surface area contributed by atoms with E-state index >= 15 is 0 Å². The van der Waals surface area contributed by atoms with Crippen molar-refractivity contribution in [2.45, 2.75) is 6.92 Å². The average molecular weight is 399 g/mol. The van der Waals surface area contributed by atoms with E-state index in [2.05, 4.69) is 5.16 Å². The van der Waals surface area contributed by atoms with Gasteiger partial charge in [0, 0.05) is 11.6 Å². The molecule has 150 valence electrons. The van der Waals surface area contributed by atoms with Gasteiger partial charge in [-0.25, -0.2) is 0 Å². The van der Waals surface area contributed by atoms with Crippen molar-refractivity contribution in [1.82, 2.24) is 5.16 Å². The summed E-state index contributed by atoms with van der Waals surface area (Å²) in [5.74, 6) is 1.07. The summed E-state index contributed by atoms with van der Waals surface area (Å²) in [6.45, 7) is 1.85. The summed E-state index contributed by atoms with van der Waals surface area (Å²) >= 11 is 0. The first kappa shape index (κ1) is 19.3. The van der Waals surface area contributed by atoms with Crippen LogP contribution in [0.15, 0.2) is 71.3 Å². The number of ether oxygens (including phenoxy) is 1. The maximum atomic E-state index is 10.5. The van der Waals surface area contributed by atoms with Crippen LogP contribution in [0.4, 0.5) is 0 Å². The molecule has 0 saturated carbocycles. The molecule has 2 N–H and O–H groups in total. The van der Waals surface area contributed by atoms with Crippen molar-refractivity contribution in [3.05, 3.63) is 83.6 Å². The molecule has 0 amide bonds. The molecule has 1 aromatic heterocycles. The van der Waals surface area contributed by atoms with E-state index in [0.29, 0.717) is 22.6 Å². The summed E-state index contributed by atoms with van der Waals surface area (Å²) in [5, 5.41) is 24.9. The SMILES string of the molecule is COc1ccc(-c2c(C)noc2-c2cc(/C=C/c3ccccc3)c(O)cc2O)cc1. The van der Waals surface area contributed by atoms with Crippen LogP contribution in [0.25, 0.3) is 34.6 Å². The zero-order valence-corrected chi connectivity index (χ0v) is 16.7. The molecule has 5 nitrogen and oxygen atoms in total. The van der Waals surface area contributed by atoms with Crippen molar-refractivity contribution in [1.29, 1.82) is 0 Å². The maximum Gasteiger partial charge on any atom is 0.178 e. The number of phenols is 2. The van der Waals surface area contributed by atoms with Gasteiger partial charge in [-0.2, -0.15) is 0 Å². The van der Waals surface area contributed by atoms with Crippen LogP contribution < -0.4 is 4.74 Å². The zero-order chi connectivity index (χ0) is 21.1. The highest BCUT2D eigenvalue weighted by atomic mass is 16.5.